The summed E-state index contributed by atoms with van der Waals surface area (Å²) in [4.78, 5) is 12.7. The van der Waals surface area contributed by atoms with E-state index in [1.54, 1.807) is 54.6 Å². The van der Waals surface area contributed by atoms with Gasteiger partial charge in [0.2, 0.25) is 6.79 Å². The minimum atomic E-state index is -4.04. The van der Waals surface area contributed by atoms with Crippen molar-refractivity contribution in [3.63, 3.8) is 0 Å². The molecule has 10 heteroatoms. The monoisotopic (exact) mass is 481 g/mol. The molecule has 0 aliphatic carbocycles. The second kappa shape index (κ2) is 9.84. The Morgan fingerprint density at radius 1 is 1.06 bits per heavy atom. The van der Waals surface area contributed by atoms with Gasteiger partial charge in [-0.1, -0.05) is 17.7 Å². The van der Waals surface area contributed by atoms with Crippen LogP contribution in [0.1, 0.15) is 11.1 Å². The molecule has 1 N–H and O–H groups in total. The van der Waals surface area contributed by atoms with E-state index < -0.39 is 22.5 Å². The molecule has 3 aromatic carbocycles. The molecular weight excluding hydrogens is 458 g/mol. The highest BCUT2D eigenvalue weighted by Gasteiger charge is 2.27. The first-order valence-electron chi connectivity index (χ1n) is 10.3. The van der Waals surface area contributed by atoms with Crippen molar-refractivity contribution < 1.29 is 27.4 Å². The van der Waals surface area contributed by atoms with Crippen molar-refractivity contribution in [3.05, 3.63) is 77.9 Å². The second-order valence-corrected chi connectivity index (χ2v) is 9.29. The van der Waals surface area contributed by atoms with Crippen LogP contribution in [0.4, 0.5) is 5.69 Å². The molecule has 1 amide bonds. The fraction of sp³-hybridized carbons (Fsp3) is 0.167. The van der Waals surface area contributed by atoms with E-state index in [2.05, 4.69) is 10.5 Å². The van der Waals surface area contributed by atoms with Crippen LogP contribution < -0.4 is 23.9 Å². The molecular formula is C24H23N3O6S. The van der Waals surface area contributed by atoms with Crippen LogP contribution in [0.5, 0.6) is 17.2 Å². The van der Waals surface area contributed by atoms with Crippen LogP contribution in [0.2, 0.25) is 0 Å². The molecule has 9 nitrogen and oxygen atoms in total. The van der Waals surface area contributed by atoms with Gasteiger partial charge in [0.15, 0.2) is 11.5 Å². The molecule has 4 rings (SSSR count). The quantitative estimate of drug-likeness (QED) is 0.392. The summed E-state index contributed by atoms with van der Waals surface area (Å²) in [5, 5.41) is 3.95. The van der Waals surface area contributed by atoms with Crippen LogP contribution in [0.25, 0.3) is 0 Å². The molecule has 0 saturated heterocycles. The van der Waals surface area contributed by atoms with E-state index in [-0.39, 0.29) is 11.7 Å². The van der Waals surface area contributed by atoms with E-state index in [1.807, 2.05) is 6.92 Å². The molecule has 0 saturated carbocycles. The number of sulfonamides is 1. The molecule has 1 aliphatic rings. The van der Waals surface area contributed by atoms with Crippen molar-refractivity contribution in [2.75, 3.05) is 24.8 Å². The number of carbonyl (C=O) groups excluding carboxylic acids is 1. The lowest BCUT2D eigenvalue weighted by Crippen LogP contribution is -2.39. The maximum absolute atomic E-state index is 13.4. The van der Waals surface area contributed by atoms with Gasteiger partial charge in [-0.3, -0.25) is 9.10 Å². The Kier molecular flexibility index (Phi) is 6.69. The van der Waals surface area contributed by atoms with Crippen molar-refractivity contribution in [2.24, 2.45) is 5.10 Å². The molecule has 0 fully saturated rings. The SMILES string of the molecule is COc1ccc(S(=O)(=O)N(CC(=O)N/N=C\c2ccc3c(c2)OCO3)c2ccc(C)cc2)cc1. The molecule has 0 atom stereocenters. The van der Waals surface area contributed by atoms with E-state index in [9.17, 15) is 13.2 Å². The Hall–Kier alpha value is -4.05. The zero-order chi connectivity index (χ0) is 24.1. The van der Waals surface area contributed by atoms with Crippen LogP contribution in [0, 0.1) is 6.92 Å². The zero-order valence-electron chi connectivity index (χ0n) is 18.6. The fourth-order valence-electron chi connectivity index (χ4n) is 3.24. The van der Waals surface area contributed by atoms with E-state index in [0.29, 0.717) is 28.5 Å². The third-order valence-corrected chi connectivity index (χ3v) is 6.84. The Balaban J connectivity index is 1.53. The van der Waals surface area contributed by atoms with Gasteiger partial charge in [-0.2, -0.15) is 5.10 Å². The number of amides is 1. The molecule has 176 valence electrons. The number of benzene rings is 3. The number of nitrogens with zero attached hydrogens (tertiary/aromatic N) is 2. The molecule has 3 aromatic rings. The van der Waals surface area contributed by atoms with Gasteiger partial charge in [0, 0.05) is 0 Å². The molecule has 0 radical (unpaired) electrons. The van der Waals surface area contributed by atoms with Gasteiger partial charge < -0.3 is 14.2 Å². The minimum absolute atomic E-state index is 0.0329. The smallest absolute Gasteiger partial charge is 0.264 e. The van der Waals surface area contributed by atoms with Crippen molar-refractivity contribution in [3.8, 4) is 17.2 Å². The second-order valence-electron chi connectivity index (χ2n) is 7.43. The van der Waals surface area contributed by atoms with Crippen LogP contribution in [0.15, 0.2) is 76.7 Å². The van der Waals surface area contributed by atoms with Crippen LogP contribution in [-0.4, -0.2) is 41.0 Å². The maximum atomic E-state index is 13.4. The number of fused-ring (bicyclic) bond motifs is 1. The summed E-state index contributed by atoms with van der Waals surface area (Å²) in [6, 6.07) is 18.1. The molecule has 0 bridgehead atoms. The third-order valence-electron chi connectivity index (χ3n) is 5.06. The standard InChI is InChI=1S/C24H23N3O6S/c1-17-3-6-19(7-4-17)27(34(29,30)21-10-8-20(31-2)9-11-21)15-24(28)26-25-14-18-5-12-22-23(13-18)33-16-32-22/h3-14H,15-16H2,1-2H3,(H,26,28)/b25-14-. The summed E-state index contributed by atoms with van der Waals surface area (Å²) in [6.07, 6.45) is 1.44. The summed E-state index contributed by atoms with van der Waals surface area (Å²) in [7, 11) is -2.54. The molecule has 0 aromatic heterocycles. The number of hydrogen-bond acceptors (Lipinski definition) is 7. The Morgan fingerprint density at radius 3 is 2.47 bits per heavy atom. The lowest BCUT2D eigenvalue weighted by atomic mass is 10.2. The van der Waals surface area contributed by atoms with Gasteiger partial charge in [-0.25, -0.2) is 13.8 Å². The van der Waals surface area contributed by atoms with E-state index in [0.717, 1.165) is 9.87 Å². The molecule has 1 aliphatic heterocycles. The number of aryl methyl sites for hydroxylation is 1. The van der Waals surface area contributed by atoms with E-state index >= 15 is 0 Å². The van der Waals surface area contributed by atoms with Crippen molar-refractivity contribution >= 4 is 27.8 Å². The van der Waals surface area contributed by atoms with Gasteiger partial charge in [0.25, 0.3) is 15.9 Å². The third kappa shape index (κ3) is 5.12. The molecule has 0 unspecified atom stereocenters. The normalized spacial score (nSPS) is 12.5. The molecule has 0 spiro atoms. The summed E-state index contributed by atoms with van der Waals surface area (Å²) in [6.45, 7) is 1.59. The Morgan fingerprint density at radius 2 is 1.76 bits per heavy atom. The van der Waals surface area contributed by atoms with Gasteiger partial charge in [-0.15, -0.1) is 0 Å². The highest BCUT2D eigenvalue weighted by Crippen LogP contribution is 2.32. The van der Waals surface area contributed by atoms with Crippen LogP contribution in [-0.2, 0) is 14.8 Å². The number of carbonyl (C=O) groups is 1. The van der Waals surface area contributed by atoms with Crippen LogP contribution >= 0.6 is 0 Å². The van der Waals surface area contributed by atoms with E-state index in [1.165, 1.54) is 25.5 Å². The first-order chi connectivity index (χ1) is 16.4. The number of methoxy groups -OCH3 is 1. The zero-order valence-corrected chi connectivity index (χ0v) is 19.4. The number of hydrazone groups is 1. The lowest BCUT2D eigenvalue weighted by Gasteiger charge is -2.24. The maximum Gasteiger partial charge on any atom is 0.264 e. The van der Waals surface area contributed by atoms with Crippen molar-refractivity contribution in [1.82, 2.24) is 5.43 Å². The van der Waals surface area contributed by atoms with Gasteiger partial charge in [0.1, 0.15) is 12.3 Å². The highest BCUT2D eigenvalue weighted by atomic mass is 32.2. The predicted octanol–water partition coefficient (Wildman–Crippen LogP) is 3.08. The highest BCUT2D eigenvalue weighted by molar-refractivity contribution is 7.92. The summed E-state index contributed by atoms with van der Waals surface area (Å²) in [5.74, 6) is 1.15. The number of rotatable bonds is 8. The number of hydrogen-bond donors (Lipinski definition) is 1. The first kappa shape index (κ1) is 23.1. The number of nitrogens with one attached hydrogen (secondary N) is 1. The Labute approximate surface area is 197 Å². The summed E-state index contributed by atoms with van der Waals surface area (Å²) < 4.78 is 43.5. The first-order valence-corrected chi connectivity index (χ1v) is 11.8. The lowest BCUT2D eigenvalue weighted by molar-refractivity contribution is -0.119. The van der Waals surface area contributed by atoms with E-state index in [4.69, 9.17) is 14.2 Å². The van der Waals surface area contributed by atoms with Crippen molar-refractivity contribution in [1.29, 1.82) is 0 Å². The average Bonchev–Trinajstić information content (AvgIpc) is 3.31. The average molecular weight is 482 g/mol. The predicted molar refractivity (Wildman–Crippen MR) is 127 cm³/mol. The van der Waals surface area contributed by atoms with Gasteiger partial charge >= 0.3 is 0 Å². The molecule has 34 heavy (non-hydrogen) atoms. The number of anilines is 1. The molecule has 1 heterocycles. The fourth-order valence-corrected chi connectivity index (χ4v) is 4.66. The van der Waals surface area contributed by atoms with Crippen molar-refractivity contribution in [2.45, 2.75) is 11.8 Å². The van der Waals surface area contributed by atoms with Gasteiger partial charge in [-0.05, 0) is 67.1 Å². The Bertz CT molecular complexity index is 1310. The number of ether oxygens (including phenoxy) is 3. The summed E-state index contributed by atoms with van der Waals surface area (Å²) in [5.41, 5.74) is 4.39. The van der Waals surface area contributed by atoms with Gasteiger partial charge in [0.05, 0.1) is 23.9 Å². The topological polar surface area (TPSA) is 107 Å². The largest absolute Gasteiger partial charge is 0.497 e. The minimum Gasteiger partial charge on any atom is -0.497 e. The van der Waals surface area contributed by atoms with Crippen LogP contribution in [0.3, 0.4) is 0 Å². The summed E-state index contributed by atoms with van der Waals surface area (Å²) >= 11 is 0.